The number of rotatable bonds is 3. The lowest BCUT2D eigenvalue weighted by Gasteiger charge is -2.26. The van der Waals surface area contributed by atoms with Gasteiger partial charge >= 0.3 is 0 Å². The Kier molecular flexibility index (Phi) is 5.02. The molecule has 0 aromatic heterocycles. The summed E-state index contributed by atoms with van der Waals surface area (Å²) in [5.74, 6) is 1.20. The first-order chi connectivity index (χ1) is 12.7. The third kappa shape index (κ3) is 3.65. The van der Waals surface area contributed by atoms with E-state index in [0.29, 0.717) is 29.7 Å². The molecule has 0 spiro atoms. The molecule has 0 saturated carbocycles. The molecule has 2 aromatic rings. The molecule has 1 aliphatic carbocycles. The molecule has 1 aliphatic heterocycles. The number of hydrogen-bond donors (Lipinski definition) is 1. The fourth-order valence-electron chi connectivity index (χ4n) is 3.72. The summed E-state index contributed by atoms with van der Waals surface area (Å²) in [5, 5.41) is 3.68. The zero-order chi connectivity index (χ0) is 17.9. The van der Waals surface area contributed by atoms with E-state index in [-0.39, 0.29) is 18.4 Å². The molecule has 26 heavy (non-hydrogen) atoms. The van der Waals surface area contributed by atoms with Gasteiger partial charge in [0.1, 0.15) is 0 Å². The second kappa shape index (κ2) is 7.58. The van der Waals surface area contributed by atoms with Crippen LogP contribution >= 0.6 is 11.6 Å². The zero-order valence-electron chi connectivity index (χ0n) is 14.6. The Morgan fingerprint density at radius 1 is 1.15 bits per heavy atom. The van der Waals surface area contributed by atoms with Crippen LogP contribution in [0.4, 0.5) is 0 Å². The number of amides is 1. The highest BCUT2D eigenvalue weighted by Crippen LogP contribution is 2.38. The molecule has 0 saturated heterocycles. The molecular formula is C21H22ClNO3. The topological polar surface area (TPSA) is 47.6 Å². The normalized spacial score (nSPS) is 18.6. The zero-order valence-corrected chi connectivity index (χ0v) is 15.3. The Hall–Kier alpha value is -2.20. The summed E-state index contributed by atoms with van der Waals surface area (Å²) in [7, 11) is 0. The van der Waals surface area contributed by atoms with E-state index in [1.807, 2.05) is 12.1 Å². The average molecular weight is 372 g/mol. The summed E-state index contributed by atoms with van der Waals surface area (Å²) in [4.78, 5) is 12.6. The maximum Gasteiger partial charge on any atom is 0.224 e. The summed E-state index contributed by atoms with van der Waals surface area (Å²) in [6, 6.07) is 12.1. The summed E-state index contributed by atoms with van der Waals surface area (Å²) in [5.41, 5.74) is 3.41. The van der Waals surface area contributed by atoms with Crippen molar-refractivity contribution < 1.29 is 14.3 Å². The van der Waals surface area contributed by atoms with E-state index in [1.165, 1.54) is 11.1 Å². The van der Waals surface area contributed by atoms with Crippen molar-refractivity contribution in [3.63, 3.8) is 0 Å². The first-order valence-electron chi connectivity index (χ1n) is 9.16. The van der Waals surface area contributed by atoms with Gasteiger partial charge in [-0.2, -0.15) is 0 Å². The molecule has 2 aliphatic rings. The van der Waals surface area contributed by atoms with Crippen LogP contribution in [-0.4, -0.2) is 19.1 Å². The number of halogens is 1. The van der Waals surface area contributed by atoms with Gasteiger partial charge in [-0.15, -0.1) is 0 Å². The minimum atomic E-state index is -0.00254. The molecule has 136 valence electrons. The highest BCUT2D eigenvalue weighted by molar-refractivity contribution is 6.32. The molecule has 0 radical (unpaired) electrons. The van der Waals surface area contributed by atoms with Crippen molar-refractivity contribution in [2.24, 2.45) is 0 Å². The fourth-order valence-corrected chi connectivity index (χ4v) is 4.01. The summed E-state index contributed by atoms with van der Waals surface area (Å²) in [6.45, 7) is 1.19. The minimum Gasteiger partial charge on any atom is -0.489 e. The van der Waals surface area contributed by atoms with E-state index in [4.69, 9.17) is 21.1 Å². The van der Waals surface area contributed by atoms with Gasteiger partial charge in [-0.05, 0) is 48.1 Å². The predicted molar refractivity (Wildman–Crippen MR) is 101 cm³/mol. The van der Waals surface area contributed by atoms with Crippen molar-refractivity contribution in [2.75, 3.05) is 13.2 Å². The molecule has 1 N–H and O–H groups in total. The molecule has 1 unspecified atom stereocenters. The number of benzene rings is 2. The standard InChI is InChI=1S/C21H22ClNO3/c22-17-11-14(12-19-21(17)26-10-4-9-25-19)13-20(24)23-18-8-3-6-15-5-1-2-7-16(15)18/h1-2,5,7,11-12,18H,3-4,6,8-10,13H2,(H,23,24). The van der Waals surface area contributed by atoms with Gasteiger partial charge in [-0.25, -0.2) is 0 Å². The van der Waals surface area contributed by atoms with Crippen molar-refractivity contribution in [1.82, 2.24) is 5.32 Å². The maximum absolute atomic E-state index is 12.6. The average Bonchev–Trinajstić information content (AvgIpc) is 2.88. The Morgan fingerprint density at radius 2 is 2.00 bits per heavy atom. The van der Waals surface area contributed by atoms with Crippen LogP contribution in [0.3, 0.4) is 0 Å². The van der Waals surface area contributed by atoms with Gasteiger partial charge in [-0.1, -0.05) is 35.9 Å². The van der Waals surface area contributed by atoms with Gasteiger partial charge in [0.2, 0.25) is 5.91 Å². The second-order valence-electron chi connectivity index (χ2n) is 6.84. The van der Waals surface area contributed by atoms with E-state index in [0.717, 1.165) is 31.2 Å². The third-order valence-corrected chi connectivity index (χ3v) is 5.21. The van der Waals surface area contributed by atoms with Gasteiger partial charge in [0.25, 0.3) is 0 Å². The van der Waals surface area contributed by atoms with Crippen LogP contribution < -0.4 is 14.8 Å². The number of hydrogen-bond acceptors (Lipinski definition) is 3. The van der Waals surface area contributed by atoms with E-state index >= 15 is 0 Å². The van der Waals surface area contributed by atoms with Crippen LogP contribution in [0.2, 0.25) is 5.02 Å². The van der Waals surface area contributed by atoms with Crippen LogP contribution in [-0.2, 0) is 17.6 Å². The smallest absolute Gasteiger partial charge is 0.224 e. The Morgan fingerprint density at radius 3 is 2.92 bits per heavy atom. The molecule has 1 amide bonds. The number of ether oxygens (including phenoxy) is 2. The summed E-state index contributed by atoms with van der Waals surface area (Å²) in [6.07, 6.45) is 4.25. The summed E-state index contributed by atoms with van der Waals surface area (Å²) >= 11 is 6.33. The highest BCUT2D eigenvalue weighted by atomic mass is 35.5. The third-order valence-electron chi connectivity index (χ3n) is 4.93. The van der Waals surface area contributed by atoms with E-state index in [1.54, 1.807) is 6.07 Å². The monoisotopic (exact) mass is 371 g/mol. The highest BCUT2D eigenvalue weighted by Gasteiger charge is 2.22. The van der Waals surface area contributed by atoms with Crippen LogP contribution in [0.25, 0.3) is 0 Å². The van der Waals surface area contributed by atoms with Crippen molar-refractivity contribution in [1.29, 1.82) is 0 Å². The van der Waals surface area contributed by atoms with Crippen LogP contribution in [0.1, 0.15) is 42.0 Å². The number of nitrogens with one attached hydrogen (secondary N) is 1. The maximum atomic E-state index is 12.6. The molecule has 2 aromatic carbocycles. The van der Waals surface area contributed by atoms with Gasteiger partial charge in [-0.3, -0.25) is 4.79 Å². The van der Waals surface area contributed by atoms with E-state index in [9.17, 15) is 4.79 Å². The fraction of sp³-hybridized carbons (Fsp3) is 0.381. The van der Waals surface area contributed by atoms with Crippen molar-refractivity contribution in [3.05, 3.63) is 58.1 Å². The van der Waals surface area contributed by atoms with Gasteiger partial charge in [0, 0.05) is 6.42 Å². The molecule has 4 rings (SSSR count). The first-order valence-corrected chi connectivity index (χ1v) is 9.53. The summed E-state index contributed by atoms with van der Waals surface area (Å²) < 4.78 is 11.3. The van der Waals surface area contributed by atoms with Crippen molar-refractivity contribution in [3.8, 4) is 11.5 Å². The molecule has 0 fully saturated rings. The lowest BCUT2D eigenvalue weighted by atomic mass is 9.87. The lowest BCUT2D eigenvalue weighted by molar-refractivity contribution is -0.121. The second-order valence-corrected chi connectivity index (χ2v) is 7.25. The largest absolute Gasteiger partial charge is 0.489 e. The molecular weight excluding hydrogens is 350 g/mol. The number of carbonyl (C=O) groups is 1. The van der Waals surface area contributed by atoms with Crippen LogP contribution in [0.5, 0.6) is 11.5 Å². The van der Waals surface area contributed by atoms with Crippen molar-refractivity contribution in [2.45, 2.75) is 38.1 Å². The number of aryl methyl sites for hydroxylation is 1. The van der Waals surface area contributed by atoms with Gasteiger partial charge < -0.3 is 14.8 Å². The Labute approximate surface area is 158 Å². The SMILES string of the molecule is O=C(Cc1cc(Cl)c2c(c1)OCCCO2)NC1CCCc2ccccc21. The first kappa shape index (κ1) is 17.2. The van der Waals surface area contributed by atoms with Gasteiger partial charge in [0.15, 0.2) is 11.5 Å². The molecule has 1 atom stereocenters. The van der Waals surface area contributed by atoms with E-state index in [2.05, 4.69) is 23.5 Å². The molecule has 5 heteroatoms. The van der Waals surface area contributed by atoms with Crippen LogP contribution in [0.15, 0.2) is 36.4 Å². The minimum absolute atomic E-state index is 0.00254. The lowest BCUT2D eigenvalue weighted by Crippen LogP contribution is -2.32. The molecule has 1 heterocycles. The number of fused-ring (bicyclic) bond motifs is 2. The molecule has 0 bridgehead atoms. The number of carbonyl (C=O) groups excluding carboxylic acids is 1. The Bertz CT molecular complexity index is 821. The van der Waals surface area contributed by atoms with Gasteiger partial charge in [0.05, 0.1) is 30.7 Å². The van der Waals surface area contributed by atoms with E-state index < -0.39 is 0 Å². The quantitative estimate of drug-likeness (QED) is 0.877. The van der Waals surface area contributed by atoms with Crippen molar-refractivity contribution >= 4 is 17.5 Å². The predicted octanol–water partition coefficient (Wildman–Crippen LogP) is 4.24. The Balaban J connectivity index is 1.48. The molecule has 4 nitrogen and oxygen atoms in total. The van der Waals surface area contributed by atoms with Crippen LogP contribution in [0, 0.1) is 0 Å².